The predicted molar refractivity (Wildman–Crippen MR) is 96.9 cm³/mol. The Bertz CT molecular complexity index is 734. The van der Waals surface area contributed by atoms with E-state index in [9.17, 15) is 9.59 Å². The van der Waals surface area contributed by atoms with Gasteiger partial charge in [-0.05, 0) is 19.8 Å². The molecule has 0 saturated heterocycles. The number of amides is 2. The van der Waals surface area contributed by atoms with Gasteiger partial charge in [0.25, 0.3) is 5.91 Å². The third-order valence-electron chi connectivity index (χ3n) is 4.46. The van der Waals surface area contributed by atoms with Crippen LogP contribution in [0.3, 0.4) is 0 Å². The Morgan fingerprint density at radius 3 is 2.80 bits per heavy atom. The summed E-state index contributed by atoms with van der Waals surface area (Å²) in [5.41, 5.74) is 1.65. The Kier molecular flexibility index (Phi) is 5.47. The van der Waals surface area contributed by atoms with Crippen LogP contribution in [0, 0.1) is 6.92 Å². The summed E-state index contributed by atoms with van der Waals surface area (Å²) in [7, 11) is 0. The topological polar surface area (TPSA) is 91.0 Å². The number of nitrogens with zero attached hydrogens (tertiary/aromatic N) is 3. The fourth-order valence-corrected chi connectivity index (χ4v) is 4.32. The molecule has 0 radical (unpaired) electrons. The molecule has 2 N–H and O–H groups in total. The first-order valence-corrected chi connectivity index (χ1v) is 9.40. The standard InChI is InChI=1S/C17H23N5O2S/c1-11-15(16(24)19-8-7-13-9-18-10-20-13)25-17(21-11)22(12(2)23)14-5-3-4-6-14/h9-10,14H,3-8H2,1-2H3,(H,18,20)(H,19,24). The molecule has 0 unspecified atom stereocenters. The molecule has 8 heteroatoms. The molecule has 1 aliphatic rings. The van der Waals surface area contributed by atoms with E-state index in [4.69, 9.17) is 0 Å². The van der Waals surface area contributed by atoms with Crippen molar-refractivity contribution in [2.24, 2.45) is 0 Å². The van der Waals surface area contributed by atoms with Crippen molar-refractivity contribution in [1.29, 1.82) is 0 Å². The molecule has 134 valence electrons. The number of thiazole rings is 1. The smallest absolute Gasteiger partial charge is 0.263 e. The zero-order valence-electron chi connectivity index (χ0n) is 14.5. The van der Waals surface area contributed by atoms with Crippen molar-refractivity contribution in [3.05, 3.63) is 28.8 Å². The van der Waals surface area contributed by atoms with E-state index in [-0.39, 0.29) is 17.9 Å². The van der Waals surface area contributed by atoms with Crippen LogP contribution in [0.4, 0.5) is 5.13 Å². The van der Waals surface area contributed by atoms with Crippen LogP contribution in [0.25, 0.3) is 0 Å². The molecule has 2 aromatic rings. The normalized spacial score (nSPS) is 14.6. The van der Waals surface area contributed by atoms with Gasteiger partial charge in [0.05, 0.1) is 12.0 Å². The second kappa shape index (κ2) is 7.77. The number of carbonyl (C=O) groups is 2. The molecule has 1 fully saturated rings. The van der Waals surface area contributed by atoms with E-state index < -0.39 is 0 Å². The van der Waals surface area contributed by atoms with Crippen molar-refractivity contribution in [3.63, 3.8) is 0 Å². The molecule has 2 heterocycles. The Hall–Kier alpha value is -2.22. The molecule has 1 saturated carbocycles. The van der Waals surface area contributed by atoms with Crippen molar-refractivity contribution >= 4 is 28.3 Å². The Balaban J connectivity index is 1.67. The molecule has 0 aliphatic heterocycles. The van der Waals surface area contributed by atoms with Gasteiger partial charge in [0.15, 0.2) is 5.13 Å². The maximum atomic E-state index is 12.5. The number of anilines is 1. The Morgan fingerprint density at radius 2 is 2.16 bits per heavy atom. The highest BCUT2D eigenvalue weighted by Gasteiger charge is 2.29. The first-order valence-electron chi connectivity index (χ1n) is 8.59. The van der Waals surface area contributed by atoms with Gasteiger partial charge in [-0.15, -0.1) is 0 Å². The number of rotatable bonds is 6. The highest BCUT2D eigenvalue weighted by atomic mass is 32.1. The number of carbonyl (C=O) groups excluding carboxylic acids is 2. The molecular weight excluding hydrogens is 338 g/mol. The molecular formula is C17H23N5O2S. The monoisotopic (exact) mass is 361 g/mol. The van der Waals surface area contributed by atoms with Crippen LogP contribution in [-0.4, -0.2) is 39.4 Å². The van der Waals surface area contributed by atoms with E-state index in [2.05, 4.69) is 20.3 Å². The largest absolute Gasteiger partial charge is 0.351 e. The average Bonchev–Trinajstić information content (AvgIpc) is 3.29. The molecule has 0 bridgehead atoms. The van der Waals surface area contributed by atoms with Gasteiger partial charge >= 0.3 is 0 Å². The van der Waals surface area contributed by atoms with Crippen molar-refractivity contribution < 1.29 is 9.59 Å². The lowest BCUT2D eigenvalue weighted by molar-refractivity contribution is -0.117. The maximum Gasteiger partial charge on any atom is 0.263 e. The van der Waals surface area contributed by atoms with E-state index in [0.29, 0.717) is 28.7 Å². The van der Waals surface area contributed by atoms with Crippen LogP contribution in [0.1, 0.15) is 53.7 Å². The molecule has 1 aliphatic carbocycles. The number of H-pyrrole nitrogens is 1. The molecule has 3 rings (SSSR count). The average molecular weight is 361 g/mol. The molecule has 0 spiro atoms. The van der Waals surface area contributed by atoms with Crippen LogP contribution in [0.15, 0.2) is 12.5 Å². The van der Waals surface area contributed by atoms with Crippen molar-refractivity contribution in [3.8, 4) is 0 Å². The molecule has 7 nitrogen and oxygen atoms in total. The first kappa shape index (κ1) is 17.6. The number of aromatic nitrogens is 3. The zero-order chi connectivity index (χ0) is 17.8. The van der Waals surface area contributed by atoms with Gasteiger partial charge in [-0.2, -0.15) is 0 Å². The Labute approximate surface area is 150 Å². The summed E-state index contributed by atoms with van der Waals surface area (Å²) in [6.45, 7) is 3.91. The van der Waals surface area contributed by atoms with Gasteiger partial charge in [0, 0.05) is 37.8 Å². The highest BCUT2D eigenvalue weighted by molar-refractivity contribution is 7.17. The molecule has 2 amide bonds. The van der Waals surface area contributed by atoms with Gasteiger partial charge in [0.1, 0.15) is 4.88 Å². The first-order chi connectivity index (χ1) is 12.1. The van der Waals surface area contributed by atoms with Crippen molar-refractivity contribution in [2.45, 2.75) is 52.0 Å². The van der Waals surface area contributed by atoms with Gasteiger partial charge in [-0.3, -0.25) is 14.5 Å². The zero-order valence-corrected chi connectivity index (χ0v) is 15.4. The summed E-state index contributed by atoms with van der Waals surface area (Å²) in [5.74, 6) is -0.150. The number of nitrogens with one attached hydrogen (secondary N) is 2. The molecule has 0 aromatic carbocycles. The summed E-state index contributed by atoms with van der Waals surface area (Å²) in [6.07, 6.45) is 8.34. The summed E-state index contributed by atoms with van der Waals surface area (Å²) in [6, 6.07) is 0.208. The van der Waals surface area contributed by atoms with Crippen LogP contribution in [0.5, 0.6) is 0 Å². The number of hydrogen-bond acceptors (Lipinski definition) is 5. The SMILES string of the molecule is CC(=O)N(c1nc(C)c(C(=O)NCCc2cnc[nH]2)s1)C1CCCC1. The lowest BCUT2D eigenvalue weighted by Gasteiger charge is -2.24. The summed E-state index contributed by atoms with van der Waals surface area (Å²) < 4.78 is 0. The van der Waals surface area contributed by atoms with Gasteiger partial charge in [-0.25, -0.2) is 9.97 Å². The second-order valence-electron chi connectivity index (χ2n) is 6.32. The Morgan fingerprint density at radius 1 is 1.40 bits per heavy atom. The van der Waals surface area contributed by atoms with Crippen molar-refractivity contribution in [1.82, 2.24) is 20.3 Å². The minimum absolute atomic E-state index is 0.00754. The maximum absolute atomic E-state index is 12.5. The molecule has 0 atom stereocenters. The van der Waals surface area contributed by atoms with E-state index in [1.54, 1.807) is 24.3 Å². The summed E-state index contributed by atoms with van der Waals surface area (Å²) in [4.78, 5) is 38.4. The van der Waals surface area contributed by atoms with Crippen LogP contribution in [0.2, 0.25) is 0 Å². The van der Waals surface area contributed by atoms with Gasteiger partial charge in [0.2, 0.25) is 5.91 Å². The lowest BCUT2D eigenvalue weighted by atomic mass is 10.2. The third-order valence-corrected chi connectivity index (χ3v) is 5.62. The number of hydrogen-bond donors (Lipinski definition) is 2. The van der Waals surface area contributed by atoms with E-state index >= 15 is 0 Å². The third kappa shape index (κ3) is 4.07. The van der Waals surface area contributed by atoms with Gasteiger partial charge < -0.3 is 10.3 Å². The van der Waals surface area contributed by atoms with E-state index in [0.717, 1.165) is 31.4 Å². The number of imidazole rings is 1. The molecule has 2 aromatic heterocycles. The number of aromatic amines is 1. The summed E-state index contributed by atoms with van der Waals surface area (Å²) in [5, 5.41) is 3.54. The highest BCUT2D eigenvalue weighted by Crippen LogP contribution is 2.32. The fourth-order valence-electron chi connectivity index (χ4n) is 3.22. The van der Waals surface area contributed by atoms with Gasteiger partial charge in [-0.1, -0.05) is 24.2 Å². The second-order valence-corrected chi connectivity index (χ2v) is 7.30. The number of aryl methyl sites for hydroxylation is 1. The van der Waals surface area contributed by atoms with E-state index in [1.165, 1.54) is 11.3 Å². The van der Waals surface area contributed by atoms with E-state index in [1.807, 2.05) is 6.92 Å². The van der Waals surface area contributed by atoms with Crippen LogP contribution < -0.4 is 10.2 Å². The van der Waals surface area contributed by atoms with Crippen molar-refractivity contribution in [2.75, 3.05) is 11.4 Å². The van der Waals surface area contributed by atoms with Crippen LogP contribution in [-0.2, 0) is 11.2 Å². The lowest BCUT2D eigenvalue weighted by Crippen LogP contribution is -2.37. The quantitative estimate of drug-likeness (QED) is 0.827. The molecule has 25 heavy (non-hydrogen) atoms. The minimum Gasteiger partial charge on any atom is -0.351 e. The van der Waals surface area contributed by atoms with Crippen LogP contribution >= 0.6 is 11.3 Å². The fraction of sp³-hybridized carbons (Fsp3) is 0.529. The minimum atomic E-state index is -0.143. The summed E-state index contributed by atoms with van der Waals surface area (Å²) >= 11 is 1.30. The predicted octanol–water partition coefficient (Wildman–Crippen LogP) is 2.44.